The zero-order valence-electron chi connectivity index (χ0n) is 17.3. The molecule has 0 amide bonds. The number of aromatic nitrogens is 4. The van der Waals surface area contributed by atoms with Crippen LogP contribution in [0.2, 0.25) is 0 Å². The number of alkyl halides is 3. The van der Waals surface area contributed by atoms with Crippen LogP contribution in [-0.4, -0.2) is 44.3 Å². The van der Waals surface area contributed by atoms with Gasteiger partial charge in [0.05, 0.1) is 5.69 Å². The average molecular weight is 452 g/mol. The second-order valence-corrected chi connectivity index (χ2v) is 9.43. The SMILES string of the molecule is Cc1cc(N2C[C@H]3CC[C@@H](C2)C3Cc2nc3c(O[C@@H](C)C(F)(F)F)cccn3n2)sn1. The Balaban J connectivity index is 1.33. The van der Waals surface area contributed by atoms with Gasteiger partial charge in [0.1, 0.15) is 5.00 Å². The Kier molecular flexibility index (Phi) is 5.07. The fourth-order valence-electron chi connectivity index (χ4n) is 4.92. The molecule has 6 nitrogen and oxygen atoms in total. The van der Waals surface area contributed by atoms with Crippen molar-refractivity contribution in [3.8, 4) is 5.75 Å². The third kappa shape index (κ3) is 3.97. The van der Waals surface area contributed by atoms with Crippen molar-refractivity contribution < 1.29 is 17.9 Å². The minimum atomic E-state index is -4.43. The molecule has 31 heavy (non-hydrogen) atoms. The van der Waals surface area contributed by atoms with Crippen molar-refractivity contribution in [2.24, 2.45) is 17.8 Å². The number of halogens is 3. The summed E-state index contributed by atoms with van der Waals surface area (Å²) < 4.78 is 49.9. The molecule has 1 aliphatic heterocycles. The van der Waals surface area contributed by atoms with Crippen LogP contribution >= 0.6 is 11.5 Å². The molecule has 0 radical (unpaired) electrons. The van der Waals surface area contributed by atoms with Crippen LogP contribution in [0.1, 0.15) is 31.3 Å². The zero-order chi connectivity index (χ0) is 21.8. The molecule has 0 N–H and O–H groups in total. The van der Waals surface area contributed by atoms with E-state index in [9.17, 15) is 13.2 Å². The van der Waals surface area contributed by atoms with Gasteiger partial charge in [0.15, 0.2) is 23.3 Å². The topological polar surface area (TPSA) is 55.6 Å². The highest BCUT2D eigenvalue weighted by Gasteiger charge is 2.43. The summed E-state index contributed by atoms with van der Waals surface area (Å²) in [5.41, 5.74) is 1.39. The van der Waals surface area contributed by atoms with Crippen LogP contribution in [0.4, 0.5) is 18.2 Å². The number of hydrogen-bond donors (Lipinski definition) is 0. The summed E-state index contributed by atoms with van der Waals surface area (Å²) in [6.45, 7) is 5.03. The van der Waals surface area contributed by atoms with E-state index in [2.05, 4.69) is 25.4 Å². The van der Waals surface area contributed by atoms with Gasteiger partial charge >= 0.3 is 6.18 Å². The third-order valence-electron chi connectivity index (χ3n) is 6.51. The van der Waals surface area contributed by atoms with Crippen LogP contribution in [0.25, 0.3) is 5.65 Å². The van der Waals surface area contributed by atoms with Crippen LogP contribution in [0.15, 0.2) is 24.4 Å². The van der Waals surface area contributed by atoms with Crippen LogP contribution in [0, 0.1) is 24.7 Å². The van der Waals surface area contributed by atoms with Crippen LogP contribution in [0.5, 0.6) is 5.75 Å². The Bertz CT molecular complexity index is 1070. The summed E-state index contributed by atoms with van der Waals surface area (Å²) in [7, 11) is 0. The predicted octanol–water partition coefficient (Wildman–Crippen LogP) is 4.53. The standard InChI is InChI=1S/C21H24F3N5OS/c1-12-8-19(31-27-12)28-10-14-5-6-15(11-28)16(14)9-18-25-20-17(4-3-7-29(20)26-18)30-13(2)21(22,23)24/h3-4,7-8,13-16H,5-6,9-11H2,1-2H3/t13-,14-,15+,16?/m0/s1. The Morgan fingerprint density at radius 3 is 2.65 bits per heavy atom. The third-order valence-corrected chi connectivity index (χ3v) is 7.45. The second-order valence-electron chi connectivity index (χ2n) is 8.65. The number of ether oxygens (including phenoxy) is 1. The van der Waals surface area contributed by atoms with E-state index in [1.54, 1.807) is 23.8 Å². The smallest absolute Gasteiger partial charge is 0.425 e. The molecule has 1 aliphatic carbocycles. The van der Waals surface area contributed by atoms with Gasteiger partial charge < -0.3 is 9.64 Å². The molecule has 4 heterocycles. The molecule has 0 spiro atoms. The van der Waals surface area contributed by atoms with Crippen molar-refractivity contribution in [2.45, 2.75) is 45.4 Å². The lowest BCUT2D eigenvalue weighted by Crippen LogP contribution is -2.42. The van der Waals surface area contributed by atoms with Gasteiger partial charge in [0.25, 0.3) is 0 Å². The lowest BCUT2D eigenvalue weighted by molar-refractivity contribution is -0.189. The van der Waals surface area contributed by atoms with Gasteiger partial charge in [-0.3, -0.25) is 0 Å². The monoisotopic (exact) mass is 451 g/mol. The van der Waals surface area contributed by atoms with Crippen LogP contribution < -0.4 is 9.64 Å². The number of pyridine rings is 1. The molecule has 2 bridgehead atoms. The number of anilines is 1. The maximum atomic E-state index is 12.9. The molecule has 2 aliphatic rings. The molecule has 0 aromatic carbocycles. The van der Waals surface area contributed by atoms with E-state index >= 15 is 0 Å². The van der Waals surface area contributed by atoms with E-state index < -0.39 is 12.3 Å². The van der Waals surface area contributed by atoms with E-state index in [0.717, 1.165) is 32.1 Å². The molecule has 4 atom stereocenters. The lowest BCUT2D eigenvalue weighted by Gasteiger charge is -2.38. The molecule has 3 aromatic heterocycles. The summed E-state index contributed by atoms with van der Waals surface area (Å²) in [6.07, 6.45) is -1.53. The fourth-order valence-corrected chi connectivity index (χ4v) is 5.70. The Morgan fingerprint density at radius 2 is 2.00 bits per heavy atom. The largest absolute Gasteiger partial charge is 0.477 e. The first-order chi connectivity index (χ1) is 14.8. The highest BCUT2D eigenvalue weighted by Crippen LogP contribution is 2.45. The van der Waals surface area contributed by atoms with Crippen molar-refractivity contribution in [2.75, 3.05) is 18.0 Å². The fraction of sp³-hybridized carbons (Fsp3) is 0.571. The Morgan fingerprint density at radius 1 is 1.26 bits per heavy atom. The number of rotatable bonds is 5. The molecule has 5 rings (SSSR count). The van der Waals surface area contributed by atoms with E-state index in [1.165, 1.54) is 28.4 Å². The summed E-state index contributed by atoms with van der Waals surface area (Å²) >= 11 is 1.56. The first kappa shape index (κ1) is 20.5. The van der Waals surface area contributed by atoms with Crippen molar-refractivity contribution in [1.82, 2.24) is 19.0 Å². The summed E-state index contributed by atoms with van der Waals surface area (Å²) in [5, 5.41) is 5.77. The number of nitrogens with zero attached hydrogens (tertiary/aromatic N) is 5. The van der Waals surface area contributed by atoms with E-state index in [0.29, 0.717) is 29.2 Å². The van der Waals surface area contributed by atoms with Gasteiger partial charge in [0, 0.05) is 25.7 Å². The quantitative estimate of drug-likeness (QED) is 0.571. The zero-order valence-corrected chi connectivity index (χ0v) is 18.2. The van der Waals surface area contributed by atoms with Gasteiger partial charge in [-0.25, -0.2) is 9.50 Å². The first-order valence-electron chi connectivity index (χ1n) is 10.5. The molecular formula is C21H24F3N5OS. The highest BCUT2D eigenvalue weighted by atomic mass is 32.1. The minimum Gasteiger partial charge on any atom is -0.477 e. The molecule has 1 saturated carbocycles. The first-order valence-corrected chi connectivity index (χ1v) is 11.3. The number of aryl methyl sites for hydroxylation is 1. The molecule has 166 valence electrons. The molecule has 2 fully saturated rings. The molecule has 10 heteroatoms. The van der Waals surface area contributed by atoms with Crippen molar-refractivity contribution in [1.29, 1.82) is 0 Å². The van der Waals surface area contributed by atoms with Gasteiger partial charge in [-0.2, -0.15) is 22.6 Å². The lowest BCUT2D eigenvalue weighted by atomic mass is 9.82. The predicted molar refractivity (Wildman–Crippen MR) is 112 cm³/mol. The van der Waals surface area contributed by atoms with Gasteiger partial charge in [-0.1, -0.05) is 0 Å². The van der Waals surface area contributed by atoms with Crippen LogP contribution in [-0.2, 0) is 6.42 Å². The Hall–Kier alpha value is -2.36. The molecule has 1 saturated heterocycles. The van der Waals surface area contributed by atoms with E-state index in [-0.39, 0.29) is 5.75 Å². The van der Waals surface area contributed by atoms with Crippen molar-refractivity contribution in [3.05, 3.63) is 35.9 Å². The van der Waals surface area contributed by atoms with Crippen molar-refractivity contribution in [3.63, 3.8) is 0 Å². The normalized spacial score (nSPS) is 24.7. The maximum Gasteiger partial charge on any atom is 0.425 e. The summed E-state index contributed by atoms with van der Waals surface area (Å²) in [5.74, 6) is 2.38. The number of fused-ring (bicyclic) bond motifs is 3. The maximum absolute atomic E-state index is 12.9. The summed E-state index contributed by atoms with van der Waals surface area (Å²) in [6, 6.07) is 5.29. The van der Waals surface area contributed by atoms with Gasteiger partial charge in [0.2, 0.25) is 0 Å². The van der Waals surface area contributed by atoms with E-state index in [4.69, 9.17) is 4.74 Å². The Labute approximate surface area is 182 Å². The number of hydrogen-bond acceptors (Lipinski definition) is 6. The van der Waals surface area contributed by atoms with Gasteiger partial charge in [-0.15, -0.1) is 0 Å². The van der Waals surface area contributed by atoms with Crippen molar-refractivity contribution >= 4 is 22.2 Å². The summed E-state index contributed by atoms with van der Waals surface area (Å²) in [4.78, 5) is 7.01. The minimum absolute atomic E-state index is 0.101. The highest BCUT2D eigenvalue weighted by molar-refractivity contribution is 7.10. The average Bonchev–Trinajstić information content (AvgIpc) is 3.38. The second kappa shape index (κ2) is 7.65. The number of piperidine rings is 1. The molecule has 3 aromatic rings. The molecular weight excluding hydrogens is 427 g/mol. The van der Waals surface area contributed by atoms with E-state index in [1.807, 2.05) is 6.92 Å². The van der Waals surface area contributed by atoms with Gasteiger partial charge in [-0.05, 0) is 74.2 Å². The molecule has 1 unspecified atom stereocenters. The van der Waals surface area contributed by atoms with Crippen LogP contribution in [0.3, 0.4) is 0 Å².